The van der Waals surface area contributed by atoms with E-state index < -0.39 is 0 Å². The van der Waals surface area contributed by atoms with Crippen LogP contribution in [0.15, 0.2) is 30.3 Å². The second kappa shape index (κ2) is 5.86. The minimum atomic E-state index is -0.178. The molecule has 3 rings (SSSR count). The number of hydrogen-bond acceptors (Lipinski definition) is 5. The van der Waals surface area contributed by atoms with Crippen LogP contribution in [0.4, 0.5) is 11.5 Å². The first-order chi connectivity index (χ1) is 10.6. The quantitative estimate of drug-likeness (QED) is 0.641. The molecule has 0 unspecified atom stereocenters. The largest absolute Gasteiger partial charge is 0.373 e. The number of nitrogens with zero attached hydrogens (tertiary/aromatic N) is 2. The first-order valence-corrected chi connectivity index (χ1v) is 7.74. The van der Waals surface area contributed by atoms with E-state index >= 15 is 0 Å². The first-order valence-electron chi connectivity index (χ1n) is 6.54. The molecule has 0 aliphatic heterocycles. The predicted octanol–water partition coefficient (Wildman–Crippen LogP) is 3.10. The Labute approximate surface area is 136 Å². The number of amides is 1. The van der Waals surface area contributed by atoms with Gasteiger partial charge in [-0.05, 0) is 30.3 Å². The lowest BCUT2D eigenvalue weighted by Gasteiger charge is -2.19. The molecule has 22 heavy (non-hydrogen) atoms. The molecule has 114 valence electrons. The maximum Gasteiger partial charge on any atom is 0.279 e. The van der Waals surface area contributed by atoms with Crippen molar-refractivity contribution >= 4 is 50.6 Å². The molecular formula is C14H14ClN5OS. The Hall–Kier alpha value is -2.25. The van der Waals surface area contributed by atoms with Crippen LogP contribution in [0.5, 0.6) is 0 Å². The van der Waals surface area contributed by atoms with Gasteiger partial charge in [0.2, 0.25) is 0 Å². The van der Waals surface area contributed by atoms with Crippen molar-refractivity contribution in [2.45, 2.75) is 0 Å². The molecule has 0 radical (unpaired) electrons. The van der Waals surface area contributed by atoms with Crippen molar-refractivity contribution in [2.24, 2.45) is 0 Å². The number of hydrogen-bond donors (Lipinski definition) is 3. The number of carbonyl (C=O) groups is 1. The van der Waals surface area contributed by atoms with E-state index in [1.54, 1.807) is 31.2 Å². The minimum Gasteiger partial charge on any atom is -0.373 e. The molecule has 3 N–H and O–H groups in total. The topological polar surface area (TPSA) is 73.0 Å². The molecule has 0 saturated carbocycles. The zero-order chi connectivity index (χ0) is 15.7. The number of anilines is 2. The fraction of sp³-hybridized carbons (Fsp3) is 0.143. The Bertz CT molecular complexity index is 810. The second-order valence-corrected chi connectivity index (χ2v) is 6.12. The van der Waals surface area contributed by atoms with Gasteiger partial charge in [-0.1, -0.05) is 11.6 Å². The SMILES string of the molecule is CNc1[nH]nc2sc(C(=O)NN(C)c3ccc(Cl)cc3)cc12. The molecule has 0 fully saturated rings. The van der Waals surface area contributed by atoms with Crippen LogP contribution in [-0.4, -0.2) is 30.2 Å². The van der Waals surface area contributed by atoms with Crippen LogP contribution in [0.1, 0.15) is 9.67 Å². The second-order valence-electron chi connectivity index (χ2n) is 4.65. The van der Waals surface area contributed by atoms with E-state index in [9.17, 15) is 4.79 Å². The molecule has 0 spiro atoms. The highest BCUT2D eigenvalue weighted by atomic mass is 35.5. The Morgan fingerprint density at radius 3 is 2.77 bits per heavy atom. The van der Waals surface area contributed by atoms with Gasteiger partial charge in [-0.15, -0.1) is 11.3 Å². The Kier molecular flexibility index (Phi) is 3.91. The lowest BCUT2D eigenvalue weighted by Crippen LogP contribution is -2.38. The van der Waals surface area contributed by atoms with Crippen molar-refractivity contribution in [3.63, 3.8) is 0 Å². The van der Waals surface area contributed by atoms with Crippen molar-refractivity contribution in [3.8, 4) is 0 Å². The van der Waals surface area contributed by atoms with Gasteiger partial charge in [-0.2, -0.15) is 5.10 Å². The molecule has 0 bridgehead atoms. The van der Waals surface area contributed by atoms with Crippen LogP contribution in [-0.2, 0) is 0 Å². The van der Waals surface area contributed by atoms with Gasteiger partial charge in [0.05, 0.1) is 16.0 Å². The number of aromatic amines is 1. The van der Waals surface area contributed by atoms with Crippen molar-refractivity contribution < 1.29 is 4.79 Å². The first kappa shape index (κ1) is 14.7. The molecule has 0 aliphatic carbocycles. The number of thiophene rings is 1. The van der Waals surface area contributed by atoms with Gasteiger partial charge in [-0.25, -0.2) is 0 Å². The molecule has 0 saturated heterocycles. The smallest absolute Gasteiger partial charge is 0.279 e. The number of aromatic nitrogens is 2. The molecule has 6 nitrogen and oxygen atoms in total. The van der Waals surface area contributed by atoms with E-state index in [2.05, 4.69) is 20.9 Å². The fourth-order valence-electron chi connectivity index (χ4n) is 2.05. The zero-order valence-electron chi connectivity index (χ0n) is 12.0. The summed E-state index contributed by atoms with van der Waals surface area (Å²) in [5.74, 6) is 0.624. The third-order valence-electron chi connectivity index (χ3n) is 3.21. The van der Waals surface area contributed by atoms with Gasteiger partial charge in [0.25, 0.3) is 5.91 Å². The van der Waals surface area contributed by atoms with Crippen molar-refractivity contribution in [1.29, 1.82) is 0 Å². The molecule has 0 atom stereocenters. The van der Waals surface area contributed by atoms with Crippen LogP contribution < -0.4 is 15.8 Å². The third-order valence-corrected chi connectivity index (χ3v) is 4.49. The van der Waals surface area contributed by atoms with E-state index in [0.29, 0.717) is 9.90 Å². The summed E-state index contributed by atoms with van der Waals surface area (Å²) >= 11 is 7.20. The van der Waals surface area contributed by atoms with E-state index in [4.69, 9.17) is 11.6 Å². The maximum absolute atomic E-state index is 12.3. The van der Waals surface area contributed by atoms with Crippen LogP contribution in [0.3, 0.4) is 0 Å². The van der Waals surface area contributed by atoms with Gasteiger partial charge >= 0.3 is 0 Å². The zero-order valence-corrected chi connectivity index (χ0v) is 13.5. The molecule has 1 aromatic carbocycles. The van der Waals surface area contributed by atoms with Crippen LogP contribution in [0.2, 0.25) is 5.02 Å². The van der Waals surface area contributed by atoms with Gasteiger partial charge in [0.15, 0.2) is 0 Å². The predicted molar refractivity (Wildman–Crippen MR) is 90.8 cm³/mol. The number of rotatable bonds is 4. The molecule has 3 aromatic rings. The average Bonchev–Trinajstić information content (AvgIpc) is 3.07. The molecule has 2 heterocycles. The summed E-state index contributed by atoms with van der Waals surface area (Å²) in [6.45, 7) is 0. The van der Waals surface area contributed by atoms with E-state index in [-0.39, 0.29) is 5.91 Å². The van der Waals surface area contributed by atoms with Gasteiger partial charge < -0.3 is 5.32 Å². The molecule has 1 amide bonds. The summed E-state index contributed by atoms with van der Waals surface area (Å²) in [4.78, 5) is 13.7. The lowest BCUT2D eigenvalue weighted by molar-refractivity contribution is 0.0955. The molecular weight excluding hydrogens is 322 g/mol. The normalized spacial score (nSPS) is 10.7. The fourth-order valence-corrected chi connectivity index (χ4v) is 3.06. The minimum absolute atomic E-state index is 0.178. The standard InChI is InChI=1S/C14H14ClN5OS/c1-16-12-10-7-11(22-14(10)18-17-12)13(21)19-20(2)9-5-3-8(15)4-6-9/h3-7H,1-2H3,(H,19,21)(H2,16,17,18). The highest BCUT2D eigenvalue weighted by Gasteiger charge is 2.15. The van der Waals surface area contributed by atoms with E-state index in [1.807, 2.05) is 18.2 Å². The number of nitrogens with one attached hydrogen (secondary N) is 3. The monoisotopic (exact) mass is 335 g/mol. The molecule has 8 heteroatoms. The Balaban J connectivity index is 1.77. The van der Waals surface area contributed by atoms with Crippen molar-refractivity contribution in [1.82, 2.24) is 15.6 Å². The van der Waals surface area contributed by atoms with Crippen LogP contribution >= 0.6 is 22.9 Å². The summed E-state index contributed by atoms with van der Waals surface area (Å²) in [6, 6.07) is 9.04. The highest BCUT2D eigenvalue weighted by molar-refractivity contribution is 7.20. The summed E-state index contributed by atoms with van der Waals surface area (Å²) in [7, 11) is 3.58. The third kappa shape index (κ3) is 2.72. The number of hydrazine groups is 1. The molecule has 2 aromatic heterocycles. The average molecular weight is 336 g/mol. The molecule has 0 aliphatic rings. The van der Waals surface area contributed by atoms with Gasteiger partial charge in [0.1, 0.15) is 10.6 Å². The van der Waals surface area contributed by atoms with Gasteiger partial charge in [-0.3, -0.25) is 20.3 Å². The van der Waals surface area contributed by atoms with Crippen molar-refractivity contribution in [2.75, 3.05) is 24.4 Å². The summed E-state index contributed by atoms with van der Waals surface area (Å²) in [5.41, 5.74) is 3.67. The number of fused-ring (bicyclic) bond motifs is 1. The van der Waals surface area contributed by atoms with Gasteiger partial charge in [0, 0.05) is 19.1 Å². The number of halogens is 1. The van der Waals surface area contributed by atoms with Crippen LogP contribution in [0.25, 0.3) is 10.2 Å². The van der Waals surface area contributed by atoms with Crippen molar-refractivity contribution in [3.05, 3.63) is 40.2 Å². The number of H-pyrrole nitrogens is 1. The maximum atomic E-state index is 12.3. The van der Waals surface area contributed by atoms with Crippen LogP contribution in [0, 0.1) is 0 Å². The lowest BCUT2D eigenvalue weighted by atomic mass is 10.3. The number of carbonyl (C=O) groups excluding carboxylic acids is 1. The summed E-state index contributed by atoms with van der Waals surface area (Å²) < 4.78 is 0. The van der Waals surface area contributed by atoms with E-state index in [0.717, 1.165) is 21.7 Å². The number of benzene rings is 1. The summed E-state index contributed by atoms with van der Waals surface area (Å²) in [6.07, 6.45) is 0. The summed E-state index contributed by atoms with van der Waals surface area (Å²) in [5, 5.41) is 13.3. The van der Waals surface area contributed by atoms with E-state index in [1.165, 1.54) is 11.3 Å². The highest BCUT2D eigenvalue weighted by Crippen LogP contribution is 2.29. The Morgan fingerprint density at radius 1 is 1.36 bits per heavy atom. The Morgan fingerprint density at radius 2 is 2.09 bits per heavy atom.